The predicted molar refractivity (Wildman–Crippen MR) is 97.0 cm³/mol. The van der Waals surface area contributed by atoms with Crippen LogP contribution in [0.5, 0.6) is 0 Å². The number of carbonyl (C=O) groups excluding carboxylic acids is 2. The van der Waals surface area contributed by atoms with E-state index in [1.54, 1.807) is 24.3 Å². The summed E-state index contributed by atoms with van der Waals surface area (Å²) in [6.45, 7) is 8.59. The van der Waals surface area contributed by atoms with Gasteiger partial charge in [0.15, 0.2) is 12.4 Å². The van der Waals surface area contributed by atoms with Gasteiger partial charge in [-0.1, -0.05) is 25.4 Å². The molecule has 0 aliphatic heterocycles. The Morgan fingerprint density at radius 1 is 1.20 bits per heavy atom. The minimum Gasteiger partial charge on any atom is -0.457 e. The fourth-order valence-electron chi connectivity index (χ4n) is 2.57. The average molecular weight is 363 g/mol. The zero-order valence-electron chi connectivity index (χ0n) is 15.0. The number of aryl methyl sites for hydroxylation is 1. The van der Waals surface area contributed by atoms with Crippen molar-refractivity contribution in [2.45, 2.75) is 40.7 Å². The Morgan fingerprint density at radius 3 is 2.44 bits per heavy atom. The summed E-state index contributed by atoms with van der Waals surface area (Å²) in [7, 11) is 0. The zero-order chi connectivity index (χ0) is 18.6. The molecule has 0 saturated heterocycles. The first-order valence-corrected chi connectivity index (χ1v) is 8.63. The topological polar surface area (TPSA) is 61.2 Å². The zero-order valence-corrected chi connectivity index (χ0v) is 15.8. The molecule has 6 heteroatoms. The molecule has 0 N–H and O–H groups in total. The van der Waals surface area contributed by atoms with E-state index in [0.29, 0.717) is 16.5 Å². The van der Waals surface area contributed by atoms with Gasteiger partial charge >= 0.3 is 5.97 Å². The maximum absolute atomic E-state index is 12.1. The van der Waals surface area contributed by atoms with E-state index < -0.39 is 5.97 Å². The fraction of sp³-hybridized carbons (Fsp3) is 0.421. The second-order valence-corrected chi connectivity index (χ2v) is 6.93. The Kier molecular flexibility index (Phi) is 6.37. The fourth-order valence-corrected chi connectivity index (χ4v) is 2.70. The van der Waals surface area contributed by atoms with Crippen LogP contribution in [0.3, 0.4) is 0 Å². The molecule has 0 unspecified atom stereocenters. The highest BCUT2D eigenvalue weighted by molar-refractivity contribution is 6.30. The third kappa shape index (κ3) is 5.16. The monoisotopic (exact) mass is 362 g/mol. The van der Waals surface area contributed by atoms with Crippen LogP contribution in [-0.4, -0.2) is 28.1 Å². The molecule has 134 valence electrons. The number of aromatic nitrogens is 2. The molecule has 0 aliphatic rings. The van der Waals surface area contributed by atoms with E-state index in [1.807, 2.05) is 18.5 Å². The number of Topliss-reactive ketones (excluding diaryl/α,β-unsaturated/α-hetero) is 1. The lowest BCUT2D eigenvalue weighted by atomic mass is 10.1. The van der Waals surface area contributed by atoms with E-state index >= 15 is 0 Å². The highest BCUT2D eigenvalue weighted by Crippen LogP contribution is 2.16. The number of esters is 1. The van der Waals surface area contributed by atoms with Crippen LogP contribution >= 0.6 is 11.6 Å². The van der Waals surface area contributed by atoms with Crippen molar-refractivity contribution in [3.63, 3.8) is 0 Å². The first-order chi connectivity index (χ1) is 11.8. The van der Waals surface area contributed by atoms with Gasteiger partial charge in [0, 0.05) is 28.4 Å². The molecule has 1 aromatic heterocycles. The summed E-state index contributed by atoms with van der Waals surface area (Å²) in [5.74, 6) is -0.221. The first kappa shape index (κ1) is 19.2. The van der Waals surface area contributed by atoms with Crippen molar-refractivity contribution in [2.75, 3.05) is 6.61 Å². The maximum Gasteiger partial charge on any atom is 0.310 e. The molecule has 5 nitrogen and oxygen atoms in total. The number of halogens is 1. The number of rotatable bonds is 7. The van der Waals surface area contributed by atoms with E-state index in [-0.39, 0.29) is 18.8 Å². The lowest BCUT2D eigenvalue weighted by Crippen LogP contribution is -2.16. The normalized spacial score (nSPS) is 11.0. The van der Waals surface area contributed by atoms with Crippen molar-refractivity contribution in [2.24, 2.45) is 5.92 Å². The van der Waals surface area contributed by atoms with E-state index in [2.05, 4.69) is 18.9 Å². The molecule has 0 aliphatic carbocycles. The molecule has 1 heterocycles. The quantitative estimate of drug-likeness (QED) is 0.555. The summed E-state index contributed by atoms with van der Waals surface area (Å²) in [4.78, 5) is 24.1. The standard InChI is InChI=1S/C19H23ClN2O3/c1-12(2)10-22-14(4)17(13(3)21-22)9-19(24)25-11-18(23)15-5-7-16(20)8-6-15/h5-8,12H,9-11H2,1-4H3. The summed E-state index contributed by atoms with van der Waals surface area (Å²) in [5, 5.41) is 5.04. The Balaban J connectivity index is 1.95. The van der Waals surface area contributed by atoms with Crippen molar-refractivity contribution in [3.8, 4) is 0 Å². The van der Waals surface area contributed by atoms with Crippen LogP contribution in [0.1, 0.15) is 41.2 Å². The van der Waals surface area contributed by atoms with Crippen LogP contribution in [-0.2, 0) is 22.5 Å². The summed E-state index contributed by atoms with van der Waals surface area (Å²) in [6, 6.07) is 6.49. The third-order valence-corrected chi connectivity index (χ3v) is 4.17. The van der Waals surface area contributed by atoms with Gasteiger partial charge in [0.1, 0.15) is 0 Å². The van der Waals surface area contributed by atoms with E-state index in [4.69, 9.17) is 16.3 Å². The highest BCUT2D eigenvalue weighted by Gasteiger charge is 2.17. The minimum atomic E-state index is -0.433. The second kappa shape index (κ2) is 8.30. The molecule has 0 atom stereocenters. The summed E-state index contributed by atoms with van der Waals surface area (Å²) in [5.41, 5.74) is 3.12. The van der Waals surface area contributed by atoms with Crippen LogP contribution in [0.2, 0.25) is 5.02 Å². The van der Waals surface area contributed by atoms with E-state index in [9.17, 15) is 9.59 Å². The minimum absolute atomic E-state index is 0.115. The molecule has 0 radical (unpaired) electrons. The van der Waals surface area contributed by atoms with Crippen molar-refractivity contribution < 1.29 is 14.3 Å². The molecular formula is C19H23ClN2O3. The molecule has 0 amide bonds. The second-order valence-electron chi connectivity index (χ2n) is 6.49. The van der Waals surface area contributed by atoms with Crippen molar-refractivity contribution >= 4 is 23.4 Å². The molecular weight excluding hydrogens is 340 g/mol. The molecule has 2 rings (SSSR count). The Hall–Kier alpha value is -2.14. The first-order valence-electron chi connectivity index (χ1n) is 8.25. The number of hydrogen-bond acceptors (Lipinski definition) is 4. The molecule has 25 heavy (non-hydrogen) atoms. The largest absolute Gasteiger partial charge is 0.457 e. The van der Waals surface area contributed by atoms with Gasteiger partial charge in [-0.25, -0.2) is 0 Å². The lowest BCUT2D eigenvalue weighted by Gasteiger charge is -2.08. The molecule has 0 spiro atoms. The SMILES string of the molecule is Cc1nn(CC(C)C)c(C)c1CC(=O)OCC(=O)c1ccc(Cl)cc1. The van der Waals surface area contributed by atoms with Gasteiger partial charge < -0.3 is 4.74 Å². The van der Waals surface area contributed by atoms with Gasteiger partial charge in [-0.05, 0) is 44.0 Å². The Morgan fingerprint density at radius 2 is 1.84 bits per heavy atom. The number of ether oxygens (including phenoxy) is 1. The molecule has 2 aromatic rings. The molecule has 1 aromatic carbocycles. The molecule has 0 fully saturated rings. The molecule has 0 saturated carbocycles. The number of hydrogen-bond donors (Lipinski definition) is 0. The smallest absolute Gasteiger partial charge is 0.310 e. The summed E-state index contributed by atoms with van der Waals surface area (Å²) >= 11 is 5.79. The number of carbonyl (C=O) groups is 2. The van der Waals surface area contributed by atoms with Crippen molar-refractivity contribution in [1.29, 1.82) is 0 Å². The third-order valence-electron chi connectivity index (χ3n) is 3.92. The van der Waals surface area contributed by atoms with Gasteiger partial charge in [0.05, 0.1) is 12.1 Å². The van der Waals surface area contributed by atoms with Crippen molar-refractivity contribution in [1.82, 2.24) is 9.78 Å². The van der Waals surface area contributed by atoms with Crippen LogP contribution < -0.4 is 0 Å². The van der Waals surface area contributed by atoms with Crippen molar-refractivity contribution in [3.05, 3.63) is 51.8 Å². The predicted octanol–water partition coefficient (Wildman–Crippen LogP) is 3.78. The van der Waals surface area contributed by atoms with Gasteiger partial charge in [-0.2, -0.15) is 5.10 Å². The van der Waals surface area contributed by atoms with Crippen LogP contribution in [0.4, 0.5) is 0 Å². The van der Waals surface area contributed by atoms with E-state index in [0.717, 1.165) is 23.5 Å². The van der Waals surface area contributed by atoms with E-state index in [1.165, 1.54) is 0 Å². The van der Waals surface area contributed by atoms with Crippen LogP contribution in [0, 0.1) is 19.8 Å². The molecule has 0 bridgehead atoms. The Labute approximate surface area is 152 Å². The number of benzene rings is 1. The van der Waals surface area contributed by atoms with Gasteiger partial charge in [-0.3, -0.25) is 14.3 Å². The average Bonchev–Trinajstić information content (AvgIpc) is 2.80. The van der Waals surface area contributed by atoms with Gasteiger partial charge in [0.2, 0.25) is 0 Å². The number of ketones is 1. The highest BCUT2D eigenvalue weighted by atomic mass is 35.5. The Bertz CT molecular complexity index is 764. The summed E-state index contributed by atoms with van der Waals surface area (Å²) in [6.07, 6.45) is 0.115. The lowest BCUT2D eigenvalue weighted by molar-refractivity contribution is -0.141. The summed E-state index contributed by atoms with van der Waals surface area (Å²) < 4.78 is 7.05. The maximum atomic E-state index is 12.1. The number of nitrogens with zero attached hydrogens (tertiary/aromatic N) is 2. The van der Waals surface area contributed by atoms with Gasteiger partial charge in [-0.15, -0.1) is 0 Å². The van der Waals surface area contributed by atoms with Crippen LogP contribution in [0.25, 0.3) is 0 Å². The van der Waals surface area contributed by atoms with Crippen LogP contribution in [0.15, 0.2) is 24.3 Å². The van der Waals surface area contributed by atoms with Gasteiger partial charge in [0.25, 0.3) is 0 Å².